The minimum absolute atomic E-state index is 0.112. The first-order chi connectivity index (χ1) is 9.35. The van der Waals surface area contributed by atoms with Crippen molar-refractivity contribution >= 4 is 61.4 Å². The fourth-order valence-corrected chi connectivity index (χ4v) is 2.55. The number of benzene rings is 1. The van der Waals surface area contributed by atoms with Crippen molar-refractivity contribution in [3.63, 3.8) is 0 Å². The number of anilines is 3. The molecule has 0 fully saturated rings. The van der Waals surface area contributed by atoms with Crippen molar-refractivity contribution in [1.29, 1.82) is 0 Å². The number of para-hydroxylation sites is 2. The van der Waals surface area contributed by atoms with Crippen LogP contribution in [0.4, 0.5) is 17.2 Å². The van der Waals surface area contributed by atoms with Gasteiger partial charge in [0.2, 0.25) is 15.3 Å². The van der Waals surface area contributed by atoms with Crippen LogP contribution < -0.4 is 10.0 Å². The maximum atomic E-state index is 11.3. The number of nitrogens with zero attached hydrogens (tertiary/aromatic N) is 2. The van der Waals surface area contributed by atoms with Gasteiger partial charge in [-0.15, -0.1) is 0 Å². The summed E-state index contributed by atoms with van der Waals surface area (Å²) in [6.45, 7) is 0. The van der Waals surface area contributed by atoms with E-state index in [1.807, 2.05) is 0 Å². The molecule has 106 valence electrons. The van der Waals surface area contributed by atoms with Crippen molar-refractivity contribution in [1.82, 2.24) is 9.97 Å². The van der Waals surface area contributed by atoms with E-state index >= 15 is 0 Å². The van der Waals surface area contributed by atoms with Gasteiger partial charge in [-0.2, -0.15) is 4.98 Å². The van der Waals surface area contributed by atoms with Gasteiger partial charge in [0.25, 0.3) is 0 Å². The molecule has 6 nitrogen and oxygen atoms in total. The van der Waals surface area contributed by atoms with Gasteiger partial charge in [-0.1, -0.05) is 12.1 Å². The van der Waals surface area contributed by atoms with E-state index in [4.69, 9.17) is 11.6 Å². The summed E-state index contributed by atoms with van der Waals surface area (Å²) in [6, 6.07) is 6.90. The van der Waals surface area contributed by atoms with Gasteiger partial charge in [-0.3, -0.25) is 4.72 Å². The Kier molecular flexibility index (Phi) is 4.66. The van der Waals surface area contributed by atoms with Crippen molar-refractivity contribution in [2.45, 2.75) is 0 Å². The van der Waals surface area contributed by atoms with Crippen molar-refractivity contribution in [2.24, 2.45) is 0 Å². The standard InChI is InChI=1S/C11H10ClIN4O2S/c1-20(18,19)17-9-5-3-2-4-8(9)15-10-7(13)6-14-11(12)16-10/h2-6,17H,1H3,(H,14,15,16). The zero-order valence-corrected chi connectivity index (χ0v) is 14.0. The zero-order valence-electron chi connectivity index (χ0n) is 10.3. The summed E-state index contributed by atoms with van der Waals surface area (Å²) < 4.78 is 25.9. The Labute approximate surface area is 135 Å². The first kappa shape index (κ1) is 15.3. The molecule has 0 saturated carbocycles. The highest BCUT2D eigenvalue weighted by atomic mass is 127. The van der Waals surface area contributed by atoms with E-state index < -0.39 is 10.0 Å². The highest BCUT2D eigenvalue weighted by Crippen LogP contribution is 2.27. The van der Waals surface area contributed by atoms with Gasteiger partial charge in [0.1, 0.15) is 5.82 Å². The molecule has 1 heterocycles. The zero-order chi connectivity index (χ0) is 14.8. The minimum atomic E-state index is -3.36. The summed E-state index contributed by atoms with van der Waals surface area (Å²) in [7, 11) is -3.36. The molecule has 20 heavy (non-hydrogen) atoms. The fourth-order valence-electron chi connectivity index (χ4n) is 1.44. The molecule has 1 aromatic heterocycles. The lowest BCUT2D eigenvalue weighted by atomic mass is 10.3. The molecule has 2 rings (SSSR count). The number of hydrogen-bond acceptors (Lipinski definition) is 5. The molecule has 2 aromatic rings. The Hall–Kier alpha value is -1.13. The van der Waals surface area contributed by atoms with Gasteiger partial charge in [0.05, 0.1) is 21.2 Å². The van der Waals surface area contributed by atoms with E-state index in [-0.39, 0.29) is 5.28 Å². The van der Waals surface area contributed by atoms with Crippen molar-refractivity contribution in [2.75, 3.05) is 16.3 Å². The molecule has 0 atom stereocenters. The lowest BCUT2D eigenvalue weighted by molar-refractivity contribution is 0.607. The lowest BCUT2D eigenvalue weighted by Gasteiger charge is -2.13. The first-order valence-electron chi connectivity index (χ1n) is 5.37. The predicted molar refractivity (Wildman–Crippen MR) is 88.0 cm³/mol. The predicted octanol–water partition coefficient (Wildman–Crippen LogP) is 2.85. The van der Waals surface area contributed by atoms with Crippen molar-refractivity contribution in [3.8, 4) is 0 Å². The number of rotatable bonds is 4. The Balaban J connectivity index is 2.36. The Morgan fingerprint density at radius 3 is 2.55 bits per heavy atom. The molecular weight excluding hydrogens is 415 g/mol. The molecule has 0 bridgehead atoms. The molecule has 1 aromatic carbocycles. The molecule has 0 spiro atoms. The summed E-state index contributed by atoms with van der Waals surface area (Å²) in [5, 5.41) is 3.15. The third kappa shape index (κ3) is 4.18. The molecule has 0 aliphatic rings. The smallest absolute Gasteiger partial charge is 0.229 e. The molecule has 0 amide bonds. The van der Waals surface area contributed by atoms with Crippen LogP contribution in [-0.2, 0) is 10.0 Å². The van der Waals surface area contributed by atoms with Gasteiger partial charge in [0.15, 0.2) is 0 Å². The van der Waals surface area contributed by atoms with Crippen LogP contribution in [0.1, 0.15) is 0 Å². The maximum absolute atomic E-state index is 11.3. The highest BCUT2D eigenvalue weighted by Gasteiger charge is 2.10. The topological polar surface area (TPSA) is 84.0 Å². The fraction of sp³-hybridized carbons (Fsp3) is 0.0909. The normalized spacial score (nSPS) is 11.2. The summed E-state index contributed by atoms with van der Waals surface area (Å²) in [6.07, 6.45) is 2.67. The van der Waals surface area contributed by atoms with Crippen LogP contribution in [0.25, 0.3) is 0 Å². The summed E-state index contributed by atoms with van der Waals surface area (Å²) >= 11 is 7.81. The highest BCUT2D eigenvalue weighted by molar-refractivity contribution is 14.1. The van der Waals surface area contributed by atoms with E-state index in [1.54, 1.807) is 30.5 Å². The third-order valence-corrected chi connectivity index (χ3v) is 3.75. The van der Waals surface area contributed by atoms with Crippen LogP contribution in [0.2, 0.25) is 5.28 Å². The van der Waals surface area contributed by atoms with Gasteiger partial charge >= 0.3 is 0 Å². The summed E-state index contributed by atoms with van der Waals surface area (Å²) in [5.41, 5.74) is 1.01. The molecule has 0 aliphatic carbocycles. The van der Waals surface area contributed by atoms with Crippen LogP contribution in [0, 0.1) is 3.57 Å². The summed E-state index contributed by atoms with van der Waals surface area (Å²) in [5.74, 6) is 0.508. The van der Waals surface area contributed by atoms with Crippen LogP contribution >= 0.6 is 34.2 Å². The Morgan fingerprint density at radius 2 is 1.90 bits per heavy atom. The van der Waals surface area contributed by atoms with Crippen molar-refractivity contribution in [3.05, 3.63) is 39.3 Å². The van der Waals surface area contributed by atoms with Crippen LogP contribution in [0.5, 0.6) is 0 Å². The molecule has 2 N–H and O–H groups in total. The second-order valence-corrected chi connectivity index (χ2v) is 7.13. The number of hydrogen-bond donors (Lipinski definition) is 2. The van der Waals surface area contributed by atoms with E-state index in [2.05, 4.69) is 42.6 Å². The number of halogens is 2. The summed E-state index contributed by atoms with van der Waals surface area (Å²) in [4.78, 5) is 7.92. The lowest BCUT2D eigenvalue weighted by Crippen LogP contribution is -2.11. The SMILES string of the molecule is CS(=O)(=O)Nc1ccccc1Nc1nc(Cl)ncc1I. The van der Waals surface area contributed by atoms with Crippen LogP contribution in [0.15, 0.2) is 30.5 Å². The first-order valence-corrected chi connectivity index (χ1v) is 8.72. The Morgan fingerprint density at radius 1 is 1.25 bits per heavy atom. The van der Waals surface area contributed by atoms with Crippen LogP contribution in [0.3, 0.4) is 0 Å². The van der Waals surface area contributed by atoms with E-state index in [0.717, 1.165) is 9.83 Å². The van der Waals surface area contributed by atoms with Gasteiger partial charge < -0.3 is 5.32 Å². The van der Waals surface area contributed by atoms with Gasteiger partial charge in [-0.05, 0) is 46.3 Å². The van der Waals surface area contributed by atoms with Crippen LogP contribution in [-0.4, -0.2) is 24.6 Å². The largest absolute Gasteiger partial charge is 0.337 e. The number of nitrogens with one attached hydrogen (secondary N) is 2. The quantitative estimate of drug-likeness (QED) is 0.582. The van der Waals surface area contributed by atoms with Gasteiger partial charge in [-0.25, -0.2) is 13.4 Å². The average molecular weight is 425 g/mol. The maximum Gasteiger partial charge on any atom is 0.229 e. The second kappa shape index (κ2) is 6.10. The number of aromatic nitrogens is 2. The van der Waals surface area contributed by atoms with Gasteiger partial charge in [0, 0.05) is 6.20 Å². The second-order valence-electron chi connectivity index (χ2n) is 3.88. The Bertz CT molecular complexity index is 739. The average Bonchev–Trinajstić information content (AvgIpc) is 2.34. The minimum Gasteiger partial charge on any atom is -0.337 e. The molecule has 0 unspecified atom stereocenters. The van der Waals surface area contributed by atoms with E-state index in [9.17, 15) is 8.42 Å². The third-order valence-electron chi connectivity index (χ3n) is 2.19. The van der Waals surface area contributed by atoms with Crippen molar-refractivity contribution < 1.29 is 8.42 Å². The molecule has 0 saturated heterocycles. The molecule has 0 aliphatic heterocycles. The molecular formula is C11H10ClIN4O2S. The van der Waals surface area contributed by atoms with E-state index in [0.29, 0.717) is 17.2 Å². The van der Waals surface area contributed by atoms with E-state index in [1.165, 1.54) is 0 Å². The number of sulfonamides is 1. The molecule has 9 heteroatoms. The molecule has 0 radical (unpaired) electrons. The monoisotopic (exact) mass is 424 g/mol.